The highest BCUT2D eigenvalue weighted by molar-refractivity contribution is 7.18. The van der Waals surface area contributed by atoms with Gasteiger partial charge < -0.3 is 33.0 Å². The second kappa shape index (κ2) is 12.2. The molecule has 0 atom stereocenters. The van der Waals surface area contributed by atoms with Crippen molar-refractivity contribution in [2.24, 2.45) is 0 Å². The van der Waals surface area contributed by atoms with Gasteiger partial charge in [-0.1, -0.05) is 25.2 Å². The quantitative estimate of drug-likeness (QED) is 0.232. The fourth-order valence-electron chi connectivity index (χ4n) is 4.09. The first kappa shape index (κ1) is 27.2. The molecule has 13 heteroatoms. The molecule has 1 fully saturated rings. The van der Waals surface area contributed by atoms with Crippen molar-refractivity contribution in [3.05, 3.63) is 35.0 Å². The highest BCUT2D eigenvalue weighted by atomic mass is 32.1. The molecule has 1 aliphatic heterocycles. The number of methoxy groups -OCH3 is 3. The lowest BCUT2D eigenvalue weighted by atomic mass is 10.2. The highest BCUT2D eigenvalue weighted by Crippen LogP contribution is 2.38. The Labute approximate surface area is 233 Å². The third-order valence-electron chi connectivity index (χ3n) is 5.95. The maximum absolute atomic E-state index is 6.31. The van der Waals surface area contributed by atoms with Gasteiger partial charge in [0.25, 0.3) is 5.19 Å². The molecule has 0 amide bonds. The normalized spacial score (nSPS) is 13.5. The van der Waals surface area contributed by atoms with Gasteiger partial charge in [-0.25, -0.2) is 14.5 Å². The zero-order valence-corrected chi connectivity index (χ0v) is 24.2. The number of aromatic nitrogens is 4. The van der Waals surface area contributed by atoms with Gasteiger partial charge in [0.05, 0.1) is 56.2 Å². The molecule has 0 saturated carbocycles. The van der Waals surface area contributed by atoms with Crippen molar-refractivity contribution < 1.29 is 28.1 Å². The van der Waals surface area contributed by atoms with Crippen LogP contribution in [0.4, 0.5) is 5.13 Å². The minimum Gasteiger partial charge on any atom is -0.496 e. The summed E-state index contributed by atoms with van der Waals surface area (Å²) in [5, 5.41) is 6.66. The van der Waals surface area contributed by atoms with Crippen LogP contribution >= 0.6 is 22.7 Å². The Hall–Kier alpha value is -3.39. The van der Waals surface area contributed by atoms with Crippen molar-refractivity contribution >= 4 is 43.7 Å². The van der Waals surface area contributed by atoms with Crippen LogP contribution in [0.5, 0.6) is 16.7 Å². The number of furan rings is 1. The summed E-state index contributed by atoms with van der Waals surface area (Å²) < 4.78 is 35.7. The third-order valence-corrected chi connectivity index (χ3v) is 7.96. The minimum atomic E-state index is 0.284. The monoisotopic (exact) mass is 573 g/mol. The Bertz CT molecular complexity index is 1500. The number of rotatable bonds is 9. The largest absolute Gasteiger partial charge is 0.496 e. The third kappa shape index (κ3) is 5.66. The van der Waals surface area contributed by atoms with Crippen molar-refractivity contribution in [2.45, 2.75) is 27.1 Å². The van der Waals surface area contributed by atoms with E-state index in [0.29, 0.717) is 58.5 Å². The molecule has 0 bridgehead atoms. The number of ether oxygens (including phenoxy) is 5. The molecule has 5 aromatic rings. The number of fused-ring (bicyclic) bond motifs is 2. The number of nitrogens with zero attached hydrogens (tertiary/aromatic N) is 5. The predicted molar refractivity (Wildman–Crippen MR) is 151 cm³/mol. The highest BCUT2D eigenvalue weighted by Gasteiger charge is 2.21. The van der Waals surface area contributed by atoms with Crippen LogP contribution < -0.4 is 19.1 Å². The van der Waals surface area contributed by atoms with Crippen molar-refractivity contribution in [1.82, 2.24) is 19.6 Å². The first-order chi connectivity index (χ1) is 19.1. The Morgan fingerprint density at radius 1 is 0.974 bits per heavy atom. The molecule has 0 spiro atoms. The molecule has 4 aromatic heterocycles. The lowest BCUT2D eigenvalue weighted by Crippen LogP contribution is -2.36. The molecule has 1 aromatic carbocycles. The second-order valence-corrected chi connectivity index (χ2v) is 10.2. The SMILES string of the molecule is CC.COCc1sc(N2CCOCC2)nc1COc1cc(OC)cc2oc(-c3cn4nc(OC)sc4n3)cc12. The van der Waals surface area contributed by atoms with Gasteiger partial charge in [0.2, 0.25) is 4.96 Å². The van der Waals surface area contributed by atoms with E-state index in [1.54, 1.807) is 37.2 Å². The Kier molecular flexibility index (Phi) is 8.50. The van der Waals surface area contributed by atoms with Gasteiger partial charge in [0.15, 0.2) is 10.9 Å². The molecule has 0 radical (unpaired) electrons. The number of hydrogen-bond acceptors (Lipinski definition) is 12. The van der Waals surface area contributed by atoms with Crippen LogP contribution in [0.1, 0.15) is 24.4 Å². The first-order valence-electron chi connectivity index (χ1n) is 12.6. The van der Waals surface area contributed by atoms with Gasteiger partial charge in [0.1, 0.15) is 29.4 Å². The molecular weight excluding hydrogens is 542 g/mol. The molecule has 208 valence electrons. The zero-order valence-electron chi connectivity index (χ0n) is 22.6. The maximum atomic E-state index is 6.31. The van der Waals surface area contributed by atoms with E-state index in [0.717, 1.165) is 34.2 Å². The van der Waals surface area contributed by atoms with E-state index in [4.69, 9.17) is 33.1 Å². The summed E-state index contributed by atoms with van der Waals surface area (Å²) >= 11 is 2.99. The average molecular weight is 574 g/mol. The molecule has 1 aliphatic rings. The van der Waals surface area contributed by atoms with E-state index >= 15 is 0 Å². The maximum Gasteiger partial charge on any atom is 0.294 e. The molecule has 11 nitrogen and oxygen atoms in total. The van der Waals surface area contributed by atoms with Crippen LogP contribution in [-0.2, 0) is 22.7 Å². The summed E-state index contributed by atoms with van der Waals surface area (Å²) in [4.78, 5) is 13.5. The van der Waals surface area contributed by atoms with Crippen molar-refractivity contribution in [2.75, 3.05) is 52.5 Å². The number of imidazole rings is 1. The number of morpholine rings is 1. The summed E-state index contributed by atoms with van der Waals surface area (Å²) in [7, 11) is 4.88. The van der Waals surface area contributed by atoms with Gasteiger partial charge >= 0.3 is 0 Å². The molecule has 1 saturated heterocycles. The predicted octanol–water partition coefficient (Wildman–Crippen LogP) is 5.27. The summed E-state index contributed by atoms with van der Waals surface area (Å²) in [6, 6.07) is 5.61. The average Bonchev–Trinajstić information content (AvgIpc) is 3.75. The van der Waals surface area contributed by atoms with E-state index in [9.17, 15) is 0 Å². The lowest BCUT2D eigenvalue weighted by molar-refractivity contribution is 0.122. The van der Waals surface area contributed by atoms with E-state index in [1.807, 2.05) is 38.2 Å². The molecule has 0 N–H and O–H groups in total. The number of thiazole rings is 1. The van der Waals surface area contributed by atoms with Crippen molar-refractivity contribution in [1.29, 1.82) is 0 Å². The molecular formula is C26H31N5O6S2. The topological polar surface area (TPSA) is 106 Å². The van der Waals surface area contributed by atoms with Crippen LogP contribution in [0, 0.1) is 0 Å². The van der Waals surface area contributed by atoms with Crippen LogP contribution in [0.3, 0.4) is 0 Å². The second-order valence-electron chi connectivity index (χ2n) is 8.26. The molecule has 39 heavy (non-hydrogen) atoms. The van der Waals surface area contributed by atoms with Crippen LogP contribution in [0.15, 0.2) is 28.8 Å². The van der Waals surface area contributed by atoms with Crippen LogP contribution in [0.2, 0.25) is 0 Å². The minimum absolute atomic E-state index is 0.284. The van der Waals surface area contributed by atoms with Crippen LogP contribution in [0.25, 0.3) is 27.4 Å². The molecule has 5 heterocycles. The summed E-state index contributed by atoms with van der Waals surface area (Å²) in [5.41, 5.74) is 2.15. The lowest BCUT2D eigenvalue weighted by Gasteiger charge is -2.26. The summed E-state index contributed by atoms with van der Waals surface area (Å²) in [6.45, 7) is 7.81. The number of anilines is 1. The van der Waals surface area contributed by atoms with Crippen molar-refractivity contribution in [3.8, 4) is 28.1 Å². The fraction of sp³-hybridized carbons (Fsp3) is 0.423. The fourth-order valence-corrected chi connectivity index (χ4v) is 5.88. The summed E-state index contributed by atoms with van der Waals surface area (Å²) in [6.07, 6.45) is 1.81. The number of hydrogen-bond donors (Lipinski definition) is 0. The van der Waals surface area contributed by atoms with Gasteiger partial charge in [-0.15, -0.1) is 5.10 Å². The van der Waals surface area contributed by atoms with Gasteiger partial charge in [-0.3, -0.25) is 0 Å². The smallest absolute Gasteiger partial charge is 0.294 e. The number of benzene rings is 1. The van der Waals surface area contributed by atoms with Crippen molar-refractivity contribution in [3.63, 3.8) is 0 Å². The Balaban J connectivity index is 0.00000151. The molecule has 0 aliphatic carbocycles. The van der Waals surface area contributed by atoms with Gasteiger partial charge in [-0.2, -0.15) is 0 Å². The van der Waals surface area contributed by atoms with Gasteiger partial charge in [-0.05, 0) is 17.4 Å². The Morgan fingerprint density at radius 3 is 2.51 bits per heavy atom. The molecule has 6 rings (SSSR count). The first-order valence-corrected chi connectivity index (χ1v) is 14.2. The van der Waals surface area contributed by atoms with Gasteiger partial charge in [0, 0.05) is 32.3 Å². The Morgan fingerprint density at radius 2 is 1.79 bits per heavy atom. The molecule has 0 unspecified atom stereocenters. The van der Waals surface area contributed by atoms with E-state index in [1.165, 1.54) is 11.3 Å². The van der Waals surface area contributed by atoms with E-state index < -0.39 is 0 Å². The zero-order chi connectivity index (χ0) is 27.4. The standard InChI is InChI=1S/C24H25N5O6S2.C2H6/c1-30-13-21-17(26-22(36-21)28-4-6-33-7-5-28)12-34-18-8-14(31-2)9-19-15(18)10-20(35-19)16-11-29-23(25-16)37-24(27-29)32-3;1-2/h8-11H,4-7,12-13H2,1-3H3;1-2H3. The van der Waals surface area contributed by atoms with E-state index in [-0.39, 0.29) is 6.61 Å². The van der Waals surface area contributed by atoms with Crippen LogP contribution in [-0.4, -0.2) is 67.2 Å². The van der Waals surface area contributed by atoms with E-state index in [2.05, 4.69) is 15.0 Å². The summed E-state index contributed by atoms with van der Waals surface area (Å²) in [5.74, 6) is 1.87.